The second-order valence-electron chi connectivity index (χ2n) is 4.23. The molecule has 1 aromatic rings. The molecule has 0 radical (unpaired) electrons. The summed E-state index contributed by atoms with van der Waals surface area (Å²) >= 11 is 1.48. The number of hydrogen-bond acceptors (Lipinski definition) is 4. The van der Waals surface area contributed by atoms with Gasteiger partial charge in [0, 0.05) is 10.6 Å². The molecule has 0 fully saturated rings. The van der Waals surface area contributed by atoms with Crippen LogP contribution in [0.1, 0.15) is 12.5 Å². The molecule has 0 spiro atoms. The van der Waals surface area contributed by atoms with E-state index in [9.17, 15) is 17.4 Å². The maximum atomic E-state index is 13.1. The summed E-state index contributed by atoms with van der Waals surface area (Å²) in [7, 11) is -4.27. The van der Waals surface area contributed by atoms with Gasteiger partial charge in [-0.05, 0) is 43.0 Å². The fourth-order valence-corrected chi connectivity index (χ4v) is 4.00. The van der Waals surface area contributed by atoms with E-state index in [1.165, 1.54) is 30.8 Å². The van der Waals surface area contributed by atoms with Crippen LogP contribution in [-0.2, 0) is 16.5 Å². The number of fused-ring (bicyclic) bond motifs is 1. The van der Waals surface area contributed by atoms with E-state index in [0.717, 1.165) is 10.5 Å². The number of rotatable bonds is 2. The maximum Gasteiger partial charge on any atom is 0.123 e. The average molecular weight is 275 g/mol. The van der Waals surface area contributed by atoms with Crippen molar-refractivity contribution in [3.8, 4) is 0 Å². The Morgan fingerprint density at radius 2 is 2.24 bits per heavy atom. The first-order valence-corrected chi connectivity index (χ1v) is 7.69. The van der Waals surface area contributed by atoms with Crippen LogP contribution < -0.4 is 0 Å². The summed E-state index contributed by atoms with van der Waals surface area (Å²) in [5.74, 6) is 0.0146. The molecule has 1 heterocycles. The predicted octanol–water partition coefficient (Wildman–Crippen LogP) is 2.02. The quantitative estimate of drug-likeness (QED) is 0.775. The molecule has 0 saturated heterocycles. The third-order valence-electron chi connectivity index (χ3n) is 3.08. The smallest absolute Gasteiger partial charge is 0.123 e. The highest BCUT2D eigenvalue weighted by atomic mass is 32.2. The molecule has 0 N–H and O–H groups in total. The van der Waals surface area contributed by atoms with Crippen molar-refractivity contribution in [3.05, 3.63) is 29.6 Å². The third kappa shape index (κ3) is 2.81. The normalized spacial score (nSPS) is 21.9. The standard InChI is InChI=1S/C11H13FO3S2/c1-7(17(13,14)15)9-4-8-5-10(12)2-3-11(8)16-6-9/h2-3,5,7,9H,4,6H2,1H3,(H,13,14,15)/p-1. The minimum Gasteiger partial charge on any atom is -0.748 e. The molecule has 1 aromatic carbocycles. The fourth-order valence-electron chi connectivity index (χ4n) is 1.92. The Bertz CT molecular complexity index is 528. The van der Waals surface area contributed by atoms with E-state index in [1.807, 2.05) is 0 Å². The maximum absolute atomic E-state index is 13.1. The molecular weight excluding hydrogens is 263 g/mol. The van der Waals surface area contributed by atoms with Crippen molar-refractivity contribution in [3.63, 3.8) is 0 Å². The van der Waals surface area contributed by atoms with Crippen molar-refractivity contribution >= 4 is 21.9 Å². The Balaban J connectivity index is 2.24. The van der Waals surface area contributed by atoms with E-state index in [1.54, 1.807) is 6.07 Å². The first-order chi connectivity index (χ1) is 7.88. The lowest BCUT2D eigenvalue weighted by atomic mass is 9.97. The summed E-state index contributed by atoms with van der Waals surface area (Å²) < 4.78 is 46.0. The molecule has 1 aliphatic rings. The van der Waals surface area contributed by atoms with Crippen LogP contribution in [0.2, 0.25) is 0 Å². The molecule has 2 atom stereocenters. The Kier molecular flexibility index (Phi) is 3.47. The highest BCUT2D eigenvalue weighted by Crippen LogP contribution is 2.35. The van der Waals surface area contributed by atoms with E-state index < -0.39 is 15.4 Å². The van der Waals surface area contributed by atoms with Crippen molar-refractivity contribution in [2.75, 3.05) is 5.75 Å². The molecule has 0 aliphatic carbocycles. The van der Waals surface area contributed by atoms with Crippen molar-refractivity contribution in [2.45, 2.75) is 23.5 Å². The lowest BCUT2D eigenvalue weighted by Crippen LogP contribution is -2.31. The zero-order valence-electron chi connectivity index (χ0n) is 9.22. The Labute approximate surface area is 104 Å². The summed E-state index contributed by atoms with van der Waals surface area (Å²) in [4.78, 5) is 0.971. The van der Waals surface area contributed by atoms with Gasteiger partial charge in [-0.1, -0.05) is 0 Å². The molecular formula is C11H12FO3S2-. The monoisotopic (exact) mass is 275 g/mol. The van der Waals surface area contributed by atoms with Crippen LogP contribution in [-0.4, -0.2) is 24.0 Å². The van der Waals surface area contributed by atoms with Gasteiger partial charge >= 0.3 is 0 Å². The van der Waals surface area contributed by atoms with Crippen molar-refractivity contribution < 1.29 is 17.4 Å². The molecule has 6 heteroatoms. The SMILES string of the molecule is CC(C1CSc2ccc(F)cc2C1)S(=O)(=O)[O-]. The van der Waals surface area contributed by atoms with Gasteiger partial charge < -0.3 is 4.55 Å². The first kappa shape index (κ1) is 12.9. The summed E-state index contributed by atoms with van der Waals surface area (Å²) in [5, 5.41) is -0.925. The zero-order valence-corrected chi connectivity index (χ0v) is 10.9. The fraction of sp³-hybridized carbons (Fsp3) is 0.455. The molecule has 0 aromatic heterocycles. The van der Waals surface area contributed by atoms with Crippen LogP contribution >= 0.6 is 11.8 Å². The van der Waals surface area contributed by atoms with Gasteiger partial charge in [-0.25, -0.2) is 12.8 Å². The van der Waals surface area contributed by atoms with E-state index in [0.29, 0.717) is 12.2 Å². The molecule has 1 aliphatic heterocycles. The van der Waals surface area contributed by atoms with Crippen LogP contribution in [0.5, 0.6) is 0 Å². The van der Waals surface area contributed by atoms with Crippen molar-refractivity contribution in [1.29, 1.82) is 0 Å². The second kappa shape index (κ2) is 4.59. The Morgan fingerprint density at radius 3 is 2.88 bits per heavy atom. The molecule has 3 nitrogen and oxygen atoms in total. The van der Waals surface area contributed by atoms with Gasteiger partial charge in [-0.2, -0.15) is 0 Å². The highest BCUT2D eigenvalue weighted by molar-refractivity contribution is 7.99. The molecule has 94 valence electrons. The highest BCUT2D eigenvalue weighted by Gasteiger charge is 2.27. The summed E-state index contributed by atoms with van der Waals surface area (Å²) in [5.41, 5.74) is 0.793. The predicted molar refractivity (Wildman–Crippen MR) is 63.5 cm³/mol. The summed E-state index contributed by atoms with van der Waals surface area (Å²) in [6, 6.07) is 4.50. The Hall–Kier alpha value is -0.590. The number of halogens is 1. The first-order valence-electron chi connectivity index (χ1n) is 5.24. The van der Waals surface area contributed by atoms with Gasteiger partial charge in [0.1, 0.15) is 5.82 Å². The minimum absolute atomic E-state index is 0.239. The summed E-state index contributed by atoms with van der Waals surface area (Å²) in [6.07, 6.45) is 0.447. The van der Waals surface area contributed by atoms with Gasteiger partial charge in [-0.15, -0.1) is 11.8 Å². The van der Waals surface area contributed by atoms with E-state index >= 15 is 0 Å². The third-order valence-corrected chi connectivity index (χ3v) is 5.68. The number of benzene rings is 1. The molecule has 2 unspecified atom stereocenters. The van der Waals surface area contributed by atoms with Gasteiger partial charge in [0.15, 0.2) is 0 Å². The van der Waals surface area contributed by atoms with Crippen molar-refractivity contribution in [2.24, 2.45) is 5.92 Å². The number of hydrogen-bond donors (Lipinski definition) is 0. The van der Waals surface area contributed by atoms with Gasteiger partial charge in [0.05, 0.1) is 15.4 Å². The minimum atomic E-state index is -4.27. The van der Waals surface area contributed by atoms with E-state index in [4.69, 9.17) is 0 Å². The van der Waals surface area contributed by atoms with Crippen molar-refractivity contribution in [1.82, 2.24) is 0 Å². The van der Waals surface area contributed by atoms with Gasteiger partial charge in [0.25, 0.3) is 0 Å². The topological polar surface area (TPSA) is 57.2 Å². The molecule has 2 rings (SSSR count). The van der Waals surface area contributed by atoms with Crippen LogP contribution in [0.15, 0.2) is 23.1 Å². The lowest BCUT2D eigenvalue weighted by Gasteiger charge is -2.30. The van der Waals surface area contributed by atoms with Crippen LogP contribution in [0.3, 0.4) is 0 Å². The molecule has 0 saturated carbocycles. The van der Waals surface area contributed by atoms with Crippen LogP contribution in [0.4, 0.5) is 4.39 Å². The largest absolute Gasteiger partial charge is 0.748 e. The molecule has 0 bridgehead atoms. The zero-order chi connectivity index (χ0) is 12.6. The van der Waals surface area contributed by atoms with E-state index in [2.05, 4.69) is 0 Å². The lowest BCUT2D eigenvalue weighted by molar-refractivity contribution is 0.424. The number of thioether (sulfide) groups is 1. The second-order valence-corrected chi connectivity index (χ2v) is 7.02. The summed E-state index contributed by atoms with van der Waals surface area (Å²) in [6.45, 7) is 1.43. The van der Waals surface area contributed by atoms with E-state index in [-0.39, 0.29) is 11.7 Å². The van der Waals surface area contributed by atoms with Gasteiger partial charge in [-0.3, -0.25) is 0 Å². The van der Waals surface area contributed by atoms with Gasteiger partial charge in [0.2, 0.25) is 0 Å². The average Bonchev–Trinajstić information content (AvgIpc) is 2.25. The van der Waals surface area contributed by atoms with Crippen LogP contribution in [0.25, 0.3) is 0 Å². The Morgan fingerprint density at radius 1 is 1.53 bits per heavy atom. The molecule has 0 amide bonds. The van der Waals surface area contributed by atoms with Crippen LogP contribution in [0, 0.1) is 11.7 Å². The molecule has 17 heavy (non-hydrogen) atoms.